The minimum absolute atomic E-state index is 0.0758. The third kappa shape index (κ3) is 3.66. The van der Waals surface area contributed by atoms with E-state index in [1.807, 2.05) is 0 Å². The number of anilines is 1. The number of urea groups is 1. The molecule has 5 nitrogen and oxygen atoms in total. The quantitative estimate of drug-likeness (QED) is 0.587. The average molecular weight is 451 g/mol. The predicted octanol–water partition coefficient (Wildman–Crippen LogP) is 5.46. The lowest BCUT2D eigenvalue weighted by Crippen LogP contribution is -2.44. The molecule has 0 aliphatic carbocycles. The SMILES string of the molecule is O=C(Nc1ccc(C(F)(F)F)c(Cl)c1)N1[C@@H]2CC[C@H]1c1cnc(C(F)(F)F)nc1C2. The summed E-state index contributed by atoms with van der Waals surface area (Å²) in [5.41, 5.74) is -0.248. The van der Waals surface area contributed by atoms with Crippen LogP contribution in [0.4, 0.5) is 36.8 Å². The van der Waals surface area contributed by atoms with Gasteiger partial charge in [-0.1, -0.05) is 11.6 Å². The normalized spacial score (nSPS) is 20.8. The van der Waals surface area contributed by atoms with Gasteiger partial charge in [-0.05, 0) is 31.0 Å². The number of amides is 2. The Morgan fingerprint density at radius 3 is 2.50 bits per heavy atom. The molecule has 3 heterocycles. The first-order chi connectivity index (χ1) is 13.9. The van der Waals surface area contributed by atoms with Crippen LogP contribution in [0, 0.1) is 0 Å². The fraction of sp³-hybridized carbons (Fsp3) is 0.389. The lowest BCUT2D eigenvalue weighted by atomic mass is 9.99. The lowest BCUT2D eigenvalue weighted by Gasteiger charge is -2.35. The number of hydrogen-bond acceptors (Lipinski definition) is 3. The number of nitrogens with one attached hydrogen (secondary N) is 1. The van der Waals surface area contributed by atoms with Gasteiger partial charge >= 0.3 is 18.4 Å². The van der Waals surface area contributed by atoms with Crippen molar-refractivity contribution in [2.45, 2.75) is 43.7 Å². The molecule has 30 heavy (non-hydrogen) atoms. The zero-order chi connectivity index (χ0) is 21.8. The zero-order valence-corrected chi connectivity index (χ0v) is 15.7. The van der Waals surface area contributed by atoms with Crippen molar-refractivity contribution in [3.63, 3.8) is 0 Å². The number of halogens is 7. The molecule has 2 aromatic rings. The van der Waals surface area contributed by atoms with E-state index in [4.69, 9.17) is 11.6 Å². The highest BCUT2D eigenvalue weighted by molar-refractivity contribution is 6.31. The molecule has 0 saturated carbocycles. The van der Waals surface area contributed by atoms with Gasteiger partial charge < -0.3 is 10.2 Å². The van der Waals surface area contributed by atoms with Crippen molar-refractivity contribution in [1.82, 2.24) is 14.9 Å². The average Bonchev–Trinajstić information content (AvgIpc) is 2.94. The number of alkyl halides is 6. The van der Waals surface area contributed by atoms with Crippen LogP contribution in [0.1, 0.15) is 41.5 Å². The molecule has 2 amide bonds. The molecule has 0 spiro atoms. The summed E-state index contributed by atoms with van der Waals surface area (Å²) in [6.07, 6.45) is -6.97. The van der Waals surface area contributed by atoms with Gasteiger partial charge in [0.05, 0.1) is 22.3 Å². The maximum Gasteiger partial charge on any atom is 0.451 e. The van der Waals surface area contributed by atoms with Gasteiger partial charge in [0.15, 0.2) is 0 Å². The fourth-order valence-corrected chi connectivity index (χ4v) is 4.22. The second-order valence-corrected chi connectivity index (χ2v) is 7.48. The number of aromatic nitrogens is 2. The van der Waals surface area contributed by atoms with Gasteiger partial charge in [-0.25, -0.2) is 14.8 Å². The van der Waals surface area contributed by atoms with Gasteiger partial charge in [0.1, 0.15) is 0 Å². The molecule has 1 aromatic heterocycles. The smallest absolute Gasteiger partial charge is 0.314 e. The van der Waals surface area contributed by atoms with Crippen LogP contribution in [0.2, 0.25) is 5.02 Å². The van der Waals surface area contributed by atoms with E-state index in [0.717, 1.165) is 24.4 Å². The number of nitrogens with zero attached hydrogens (tertiary/aromatic N) is 3. The summed E-state index contributed by atoms with van der Waals surface area (Å²) < 4.78 is 77.1. The van der Waals surface area contributed by atoms with Crippen molar-refractivity contribution >= 4 is 23.3 Å². The lowest BCUT2D eigenvalue weighted by molar-refractivity contribution is -0.145. The van der Waals surface area contributed by atoms with E-state index in [2.05, 4.69) is 15.3 Å². The number of hydrogen-bond donors (Lipinski definition) is 1. The molecule has 0 unspecified atom stereocenters. The predicted molar refractivity (Wildman–Crippen MR) is 93.8 cm³/mol. The highest BCUT2D eigenvalue weighted by Crippen LogP contribution is 2.44. The summed E-state index contributed by atoms with van der Waals surface area (Å²) in [6, 6.07) is 1.40. The van der Waals surface area contributed by atoms with Crippen molar-refractivity contribution in [2.75, 3.05) is 5.32 Å². The second kappa shape index (κ2) is 7.00. The Morgan fingerprint density at radius 1 is 1.13 bits per heavy atom. The Bertz CT molecular complexity index is 1010. The van der Waals surface area contributed by atoms with Crippen LogP contribution in [-0.2, 0) is 18.8 Å². The number of carbonyl (C=O) groups is 1. The summed E-state index contributed by atoms with van der Waals surface area (Å²) in [5, 5.41) is 1.96. The number of carbonyl (C=O) groups excluding carboxylic acids is 1. The Hall–Kier alpha value is -2.56. The first-order valence-corrected chi connectivity index (χ1v) is 9.22. The summed E-state index contributed by atoms with van der Waals surface area (Å²) in [4.78, 5) is 21.3. The van der Waals surface area contributed by atoms with Gasteiger partial charge in [0.25, 0.3) is 0 Å². The molecule has 12 heteroatoms. The Balaban J connectivity index is 1.56. The highest BCUT2D eigenvalue weighted by atomic mass is 35.5. The summed E-state index contributed by atoms with van der Waals surface area (Å²) >= 11 is 5.68. The second-order valence-electron chi connectivity index (χ2n) is 7.07. The molecule has 1 aromatic carbocycles. The van der Waals surface area contributed by atoms with Crippen LogP contribution in [0.15, 0.2) is 24.4 Å². The molecule has 1 N–H and O–H groups in total. The molecule has 2 aliphatic heterocycles. The van der Waals surface area contributed by atoms with Gasteiger partial charge in [-0.3, -0.25) is 0 Å². The van der Waals surface area contributed by atoms with E-state index in [1.165, 1.54) is 4.90 Å². The molecule has 2 atom stereocenters. The van der Waals surface area contributed by atoms with E-state index in [1.54, 1.807) is 0 Å². The van der Waals surface area contributed by atoms with E-state index < -0.39 is 40.8 Å². The van der Waals surface area contributed by atoms with Crippen LogP contribution in [0.3, 0.4) is 0 Å². The van der Waals surface area contributed by atoms with Crippen LogP contribution < -0.4 is 5.32 Å². The van der Waals surface area contributed by atoms with Crippen molar-refractivity contribution in [3.05, 3.63) is 52.1 Å². The maximum atomic E-state index is 12.9. The van der Waals surface area contributed by atoms with Gasteiger partial charge in [-0.2, -0.15) is 26.3 Å². The van der Waals surface area contributed by atoms with E-state index in [9.17, 15) is 31.1 Å². The molecule has 4 rings (SSSR count). The summed E-state index contributed by atoms with van der Waals surface area (Å²) in [5.74, 6) is -1.22. The van der Waals surface area contributed by atoms with E-state index in [0.29, 0.717) is 18.4 Å². The molecule has 1 fully saturated rings. The highest BCUT2D eigenvalue weighted by Gasteiger charge is 2.45. The molecular formula is C18H13ClF6N4O. The van der Waals surface area contributed by atoms with Gasteiger partial charge in [-0.15, -0.1) is 0 Å². The molecule has 2 aliphatic rings. The maximum absolute atomic E-state index is 12.9. The Kier molecular flexibility index (Phi) is 4.83. The summed E-state index contributed by atoms with van der Waals surface area (Å²) in [7, 11) is 0. The van der Waals surface area contributed by atoms with Gasteiger partial charge in [0.2, 0.25) is 5.82 Å². The zero-order valence-electron chi connectivity index (χ0n) is 15.0. The van der Waals surface area contributed by atoms with Crippen LogP contribution >= 0.6 is 11.6 Å². The van der Waals surface area contributed by atoms with Crippen LogP contribution in [0.5, 0.6) is 0 Å². The van der Waals surface area contributed by atoms with Crippen molar-refractivity contribution in [2.24, 2.45) is 0 Å². The fourth-order valence-electron chi connectivity index (χ4n) is 3.93. The van der Waals surface area contributed by atoms with Crippen molar-refractivity contribution < 1.29 is 31.1 Å². The minimum atomic E-state index is -4.66. The third-order valence-electron chi connectivity index (χ3n) is 5.20. The van der Waals surface area contributed by atoms with Gasteiger partial charge in [0, 0.05) is 29.9 Å². The summed E-state index contributed by atoms with van der Waals surface area (Å²) in [6.45, 7) is 0. The topological polar surface area (TPSA) is 58.1 Å². The Morgan fingerprint density at radius 2 is 1.87 bits per heavy atom. The molecule has 160 valence electrons. The van der Waals surface area contributed by atoms with Crippen LogP contribution in [-0.4, -0.2) is 26.9 Å². The van der Waals surface area contributed by atoms with E-state index in [-0.39, 0.29) is 23.8 Å². The molecule has 2 bridgehead atoms. The standard InChI is InChI=1S/C18H13ClF6N4O/c19-12-5-8(1-3-11(12)17(20,21)22)27-16(30)29-9-2-4-14(29)10-7-26-15(18(23,24)25)28-13(10)6-9/h1,3,5,7,9,14H,2,4,6H2,(H,27,30)/t9-,14+/m1/s1. The number of benzene rings is 1. The molecular weight excluding hydrogens is 438 g/mol. The number of rotatable bonds is 1. The first kappa shape index (κ1) is 20.7. The molecule has 0 radical (unpaired) electrons. The van der Waals surface area contributed by atoms with Crippen molar-refractivity contribution in [1.29, 1.82) is 0 Å². The monoisotopic (exact) mass is 450 g/mol. The Labute approximate surface area is 171 Å². The first-order valence-electron chi connectivity index (χ1n) is 8.84. The van der Waals surface area contributed by atoms with E-state index >= 15 is 0 Å². The minimum Gasteiger partial charge on any atom is -0.314 e. The van der Waals surface area contributed by atoms with Crippen molar-refractivity contribution in [3.8, 4) is 0 Å². The van der Waals surface area contributed by atoms with Crippen LogP contribution in [0.25, 0.3) is 0 Å². The number of fused-ring (bicyclic) bond motifs is 4. The largest absolute Gasteiger partial charge is 0.451 e. The third-order valence-corrected chi connectivity index (χ3v) is 5.52. The molecule has 1 saturated heterocycles.